The number of carbonyl (C=O) groups excluding carboxylic acids is 1. The van der Waals surface area contributed by atoms with E-state index in [4.69, 9.17) is 11.6 Å². The Kier molecular flexibility index (Phi) is 3.10. The lowest BCUT2D eigenvalue weighted by Gasteiger charge is -1.90. The summed E-state index contributed by atoms with van der Waals surface area (Å²) in [5.74, 6) is 0.0944. The maximum absolute atomic E-state index is 11.1. The minimum Gasteiger partial charge on any atom is -0.294 e. The number of halogens is 2. The van der Waals surface area contributed by atoms with Crippen LogP contribution in [0.5, 0.6) is 0 Å². The van der Waals surface area contributed by atoms with E-state index in [2.05, 4.69) is 15.9 Å². The van der Waals surface area contributed by atoms with Crippen LogP contribution in [0, 0.1) is 0 Å². The fraction of sp³-hybridized carbons (Fsp3) is 0.286. The molecule has 4 heteroatoms. The van der Waals surface area contributed by atoms with Gasteiger partial charge in [0, 0.05) is 12.0 Å². The van der Waals surface area contributed by atoms with Gasteiger partial charge in [0.2, 0.25) is 0 Å². The van der Waals surface area contributed by atoms with Crippen LogP contribution in [0.1, 0.15) is 23.7 Å². The van der Waals surface area contributed by atoms with Crippen LogP contribution in [-0.4, -0.2) is 5.78 Å². The van der Waals surface area contributed by atoms with Crippen molar-refractivity contribution in [3.63, 3.8) is 0 Å². The topological polar surface area (TPSA) is 17.1 Å². The molecule has 1 heterocycles. The highest BCUT2D eigenvalue weighted by atomic mass is 79.9. The van der Waals surface area contributed by atoms with Crippen molar-refractivity contribution in [3.05, 3.63) is 19.8 Å². The molecule has 0 aliphatic rings. The lowest BCUT2D eigenvalue weighted by Crippen LogP contribution is -1.93. The number of ketones is 1. The zero-order valence-corrected chi connectivity index (χ0v) is 9.02. The SMILES string of the molecule is CCC(=O)c1cc(Br)sc1Cl. The first-order valence-electron chi connectivity index (χ1n) is 3.13. The molecule has 0 N–H and O–H groups in total. The molecule has 0 atom stereocenters. The average Bonchev–Trinajstić information content (AvgIpc) is 2.28. The van der Waals surface area contributed by atoms with Gasteiger partial charge < -0.3 is 0 Å². The highest BCUT2D eigenvalue weighted by molar-refractivity contribution is 9.11. The Balaban J connectivity index is 3.03. The maximum atomic E-state index is 11.1. The van der Waals surface area contributed by atoms with Crippen molar-refractivity contribution in [2.75, 3.05) is 0 Å². The standard InChI is InChI=1S/C7H6BrClOS/c1-2-5(10)4-3-6(8)11-7(4)9/h3H,2H2,1H3. The zero-order valence-electron chi connectivity index (χ0n) is 5.86. The summed E-state index contributed by atoms with van der Waals surface area (Å²) < 4.78 is 1.48. The minimum absolute atomic E-state index is 0.0944. The molecular formula is C7H6BrClOS. The number of Topliss-reactive ketones (excluding diaryl/α,β-unsaturated/α-hetero) is 1. The van der Waals surface area contributed by atoms with E-state index in [1.165, 1.54) is 11.3 Å². The molecule has 1 aromatic rings. The second-order valence-corrected chi connectivity index (χ2v) is 5.05. The fourth-order valence-corrected chi connectivity index (χ4v) is 2.75. The van der Waals surface area contributed by atoms with E-state index in [0.29, 0.717) is 16.3 Å². The molecule has 0 aliphatic heterocycles. The Labute approximate surface area is 82.5 Å². The van der Waals surface area contributed by atoms with Crippen LogP contribution in [0.25, 0.3) is 0 Å². The Morgan fingerprint density at radius 1 is 1.82 bits per heavy atom. The Bertz CT molecular complexity index is 282. The van der Waals surface area contributed by atoms with Gasteiger partial charge in [-0.2, -0.15) is 0 Å². The third-order valence-electron chi connectivity index (χ3n) is 1.28. The monoisotopic (exact) mass is 252 g/mol. The summed E-state index contributed by atoms with van der Waals surface area (Å²) in [5.41, 5.74) is 0.631. The highest BCUT2D eigenvalue weighted by Crippen LogP contribution is 2.31. The second kappa shape index (κ2) is 3.70. The number of carbonyl (C=O) groups is 1. The molecule has 0 aromatic carbocycles. The zero-order chi connectivity index (χ0) is 8.43. The van der Waals surface area contributed by atoms with E-state index in [9.17, 15) is 4.79 Å². The number of rotatable bonds is 2. The summed E-state index contributed by atoms with van der Waals surface area (Å²) in [6.45, 7) is 1.82. The van der Waals surface area contributed by atoms with Crippen molar-refractivity contribution in [3.8, 4) is 0 Å². The molecule has 0 aliphatic carbocycles. The fourth-order valence-electron chi connectivity index (χ4n) is 0.721. The molecule has 0 amide bonds. The Morgan fingerprint density at radius 2 is 2.45 bits per heavy atom. The Hall–Kier alpha value is 0.140. The lowest BCUT2D eigenvalue weighted by molar-refractivity contribution is 0.0988. The van der Waals surface area contributed by atoms with Crippen LogP contribution in [-0.2, 0) is 0 Å². The van der Waals surface area contributed by atoms with Gasteiger partial charge in [0.15, 0.2) is 5.78 Å². The van der Waals surface area contributed by atoms with Gasteiger partial charge in [0.1, 0.15) is 4.34 Å². The van der Waals surface area contributed by atoms with E-state index < -0.39 is 0 Å². The largest absolute Gasteiger partial charge is 0.294 e. The van der Waals surface area contributed by atoms with Crippen LogP contribution < -0.4 is 0 Å². The van der Waals surface area contributed by atoms with Crippen molar-refractivity contribution in [1.29, 1.82) is 0 Å². The first kappa shape index (κ1) is 9.23. The normalized spacial score (nSPS) is 10.1. The third kappa shape index (κ3) is 2.04. The smallest absolute Gasteiger partial charge is 0.164 e. The summed E-state index contributed by atoms with van der Waals surface area (Å²) in [7, 11) is 0. The van der Waals surface area contributed by atoms with Crippen LogP contribution in [0.2, 0.25) is 4.34 Å². The molecule has 0 bridgehead atoms. The van der Waals surface area contributed by atoms with Gasteiger partial charge in [0.05, 0.1) is 3.79 Å². The highest BCUT2D eigenvalue weighted by Gasteiger charge is 2.11. The molecule has 0 unspecified atom stereocenters. The second-order valence-electron chi connectivity index (χ2n) is 2.01. The molecule has 0 saturated carbocycles. The molecule has 1 rings (SSSR count). The van der Waals surface area contributed by atoms with Gasteiger partial charge in [-0.3, -0.25) is 4.79 Å². The van der Waals surface area contributed by atoms with E-state index >= 15 is 0 Å². The van der Waals surface area contributed by atoms with E-state index in [0.717, 1.165) is 3.79 Å². The van der Waals surface area contributed by atoms with Crippen molar-refractivity contribution in [2.45, 2.75) is 13.3 Å². The summed E-state index contributed by atoms with van der Waals surface area (Å²) in [4.78, 5) is 11.1. The molecule has 0 fully saturated rings. The molecule has 0 spiro atoms. The van der Waals surface area contributed by atoms with Crippen LogP contribution in [0.4, 0.5) is 0 Å². The summed E-state index contributed by atoms with van der Waals surface area (Å²) in [6.07, 6.45) is 0.503. The third-order valence-corrected chi connectivity index (χ3v) is 3.14. The van der Waals surface area contributed by atoms with Crippen molar-refractivity contribution >= 4 is 44.7 Å². The first-order chi connectivity index (χ1) is 5.15. The van der Waals surface area contributed by atoms with Gasteiger partial charge in [-0.1, -0.05) is 18.5 Å². The lowest BCUT2D eigenvalue weighted by atomic mass is 10.2. The summed E-state index contributed by atoms with van der Waals surface area (Å²) >= 11 is 10.4. The molecule has 11 heavy (non-hydrogen) atoms. The maximum Gasteiger partial charge on any atom is 0.164 e. The van der Waals surface area contributed by atoms with E-state index in [1.807, 2.05) is 6.92 Å². The van der Waals surface area contributed by atoms with Crippen molar-refractivity contribution < 1.29 is 4.79 Å². The van der Waals surface area contributed by atoms with Crippen molar-refractivity contribution in [2.24, 2.45) is 0 Å². The predicted octanol–water partition coefficient (Wildman–Crippen LogP) is 3.76. The molecule has 0 radical (unpaired) electrons. The molecule has 1 aromatic heterocycles. The number of thiophene rings is 1. The van der Waals surface area contributed by atoms with Crippen molar-refractivity contribution in [1.82, 2.24) is 0 Å². The van der Waals surface area contributed by atoms with Crippen LogP contribution in [0.15, 0.2) is 9.85 Å². The average molecular weight is 254 g/mol. The quantitative estimate of drug-likeness (QED) is 0.734. The van der Waals surface area contributed by atoms with Crippen LogP contribution >= 0.6 is 38.9 Å². The molecular weight excluding hydrogens is 248 g/mol. The van der Waals surface area contributed by atoms with Gasteiger partial charge >= 0.3 is 0 Å². The van der Waals surface area contributed by atoms with Gasteiger partial charge in [-0.05, 0) is 22.0 Å². The van der Waals surface area contributed by atoms with Gasteiger partial charge in [0.25, 0.3) is 0 Å². The number of hydrogen-bond acceptors (Lipinski definition) is 2. The van der Waals surface area contributed by atoms with Gasteiger partial charge in [-0.25, -0.2) is 0 Å². The first-order valence-corrected chi connectivity index (χ1v) is 5.12. The molecule has 0 saturated heterocycles. The van der Waals surface area contributed by atoms with Gasteiger partial charge in [-0.15, -0.1) is 11.3 Å². The summed E-state index contributed by atoms with van der Waals surface area (Å²) in [5, 5.41) is 0. The summed E-state index contributed by atoms with van der Waals surface area (Å²) in [6, 6.07) is 1.76. The molecule has 60 valence electrons. The van der Waals surface area contributed by atoms with E-state index in [1.54, 1.807) is 6.07 Å². The minimum atomic E-state index is 0.0944. The van der Waals surface area contributed by atoms with Crippen LogP contribution in [0.3, 0.4) is 0 Å². The van der Waals surface area contributed by atoms with E-state index in [-0.39, 0.29) is 5.78 Å². The Morgan fingerprint density at radius 3 is 2.82 bits per heavy atom. The molecule has 1 nitrogen and oxygen atoms in total. The number of hydrogen-bond donors (Lipinski definition) is 0. The predicted molar refractivity (Wildman–Crippen MR) is 51.7 cm³/mol.